The molecule has 3 heteroatoms. The van der Waals surface area contributed by atoms with E-state index in [4.69, 9.17) is 10.5 Å². The summed E-state index contributed by atoms with van der Waals surface area (Å²) in [5, 5.41) is 2.49. The van der Waals surface area contributed by atoms with E-state index >= 15 is 0 Å². The Morgan fingerprint density at radius 1 is 1.00 bits per heavy atom. The van der Waals surface area contributed by atoms with Crippen LogP contribution < -0.4 is 10.5 Å². The fourth-order valence-corrected chi connectivity index (χ4v) is 3.36. The Morgan fingerprint density at radius 2 is 1.72 bits per heavy atom. The molecule has 0 aliphatic rings. The van der Waals surface area contributed by atoms with Crippen molar-refractivity contribution >= 4 is 23.2 Å². The van der Waals surface area contributed by atoms with Crippen LogP contribution in [0.4, 0.5) is 0 Å². The molecule has 0 amide bonds. The lowest BCUT2D eigenvalue weighted by molar-refractivity contribution is 0.411. The largest absolute Gasteiger partial charge is 0.496 e. The van der Waals surface area contributed by atoms with Crippen molar-refractivity contribution < 1.29 is 4.74 Å². The van der Waals surface area contributed by atoms with Crippen LogP contribution in [0.25, 0.3) is 10.8 Å². The smallest absolute Gasteiger partial charge is 0.121 e. The molecule has 2 nitrogen and oxygen atoms in total. The Kier molecular flexibility index (Phi) is 6.10. The zero-order valence-electron chi connectivity index (χ0n) is 15.1. The first-order chi connectivity index (χ1) is 11.5. The van der Waals surface area contributed by atoms with Gasteiger partial charge in [-0.1, -0.05) is 54.6 Å². The molecule has 0 aliphatic carbocycles. The number of halogens is 1. The number of benzene rings is 3. The molecule has 132 valence electrons. The van der Waals surface area contributed by atoms with Crippen molar-refractivity contribution in [2.45, 2.75) is 32.2 Å². The highest BCUT2D eigenvalue weighted by molar-refractivity contribution is 5.86. The molecular weight excluding hydrogens is 330 g/mol. The van der Waals surface area contributed by atoms with E-state index in [9.17, 15) is 0 Å². The van der Waals surface area contributed by atoms with Gasteiger partial charge in [0, 0.05) is 5.54 Å². The molecule has 0 bridgehead atoms. The van der Waals surface area contributed by atoms with Crippen molar-refractivity contribution in [2.75, 3.05) is 7.11 Å². The number of methoxy groups -OCH3 is 1. The number of rotatable bonds is 5. The molecule has 0 spiro atoms. The maximum atomic E-state index is 6.72. The fraction of sp³-hybridized carbons (Fsp3) is 0.273. The average molecular weight is 356 g/mol. The minimum absolute atomic E-state index is 0. The highest BCUT2D eigenvalue weighted by atomic mass is 35.5. The first-order valence-corrected chi connectivity index (χ1v) is 8.42. The van der Waals surface area contributed by atoms with E-state index < -0.39 is 0 Å². The summed E-state index contributed by atoms with van der Waals surface area (Å²) in [4.78, 5) is 0. The number of nitrogens with two attached hydrogens (primary N) is 1. The summed E-state index contributed by atoms with van der Waals surface area (Å²) in [5.74, 6) is 0.934. The predicted octanol–water partition coefficient (Wildman–Crippen LogP) is 5.39. The van der Waals surface area contributed by atoms with E-state index in [0.29, 0.717) is 0 Å². The van der Waals surface area contributed by atoms with Crippen LogP contribution in [-0.4, -0.2) is 7.11 Å². The van der Waals surface area contributed by atoms with Gasteiger partial charge in [0.2, 0.25) is 0 Å². The van der Waals surface area contributed by atoms with Crippen molar-refractivity contribution in [3.8, 4) is 5.75 Å². The molecule has 0 fully saturated rings. The van der Waals surface area contributed by atoms with Crippen molar-refractivity contribution in [1.82, 2.24) is 0 Å². The van der Waals surface area contributed by atoms with Gasteiger partial charge in [0.15, 0.2) is 0 Å². The second-order valence-electron chi connectivity index (χ2n) is 6.75. The number of hydrogen-bond acceptors (Lipinski definition) is 2. The molecular formula is C22H26ClNO. The molecule has 25 heavy (non-hydrogen) atoms. The summed E-state index contributed by atoms with van der Waals surface area (Å²) in [6, 6.07) is 21.2. The fourth-order valence-electron chi connectivity index (χ4n) is 3.36. The lowest BCUT2D eigenvalue weighted by Crippen LogP contribution is -2.33. The first kappa shape index (κ1) is 19.3. The summed E-state index contributed by atoms with van der Waals surface area (Å²) in [7, 11) is 1.71. The zero-order chi connectivity index (χ0) is 17.2. The molecule has 0 unspecified atom stereocenters. The van der Waals surface area contributed by atoms with Gasteiger partial charge in [0.25, 0.3) is 0 Å². The standard InChI is InChI=1S/C22H25NO.ClH/c1-16-15-17(11-12-21(16)24-3)13-14-22(2,23)20-10-6-8-18-7-4-5-9-19(18)20;/h4-12,15H,13-14,23H2,1-3H3;1H/t22-;/m1./s1. The summed E-state index contributed by atoms with van der Waals surface area (Å²) >= 11 is 0. The maximum absolute atomic E-state index is 6.72. The van der Waals surface area contributed by atoms with Gasteiger partial charge in [0.1, 0.15) is 5.75 Å². The van der Waals surface area contributed by atoms with Gasteiger partial charge in [-0.2, -0.15) is 0 Å². The van der Waals surface area contributed by atoms with Crippen molar-refractivity contribution in [3.05, 3.63) is 77.4 Å². The van der Waals surface area contributed by atoms with Gasteiger partial charge >= 0.3 is 0 Å². The van der Waals surface area contributed by atoms with Gasteiger partial charge in [-0.25, -0.2) is 0 Å². The van der Waals surface area contributed by atoms with Gasteiger partial charge in [-0.15, -0.1) is 12.4 Å². The van der Waals surface area contributed by atoms with Crippen molar-refractivity contribution in [3.63, 3.8) is 0 Å². The number of ether oxygens (including phenoxy) is 1. The lowest BCUT2D eigenvalue weighted by Gasteiger charge is -2.27. The average Bonchev–Trinajstić information content (AvgIpc) is 2.59. The molecule has 3 aromatic rings. The Hall–Kier alpha value is -2.03. The highest BCUT2D eigenvalue weighted by Gasteiger charge is 2.23. The SMILES string of the molecule is COc1ccc(CC[C@@](C)(N)c2cccc3ccccc23)cc1C.Cl. The Labute approximate surface area is 156 Å². The monoisotopic (exact) mass is 355 g/mol. The van der Waals surface area contributed by atoms with E-state index in [1.165, 1.54) is 27.5 Å². The third-order valence-corrected chi connectivity index (χ3v) is 4.80. The number of aryl methyl sites for hydroxylation is 2. The van der Waals surface area contributed by atoms with Crippen LogP contribution in [0.5, 0.6) is 5.75 Å². The second-order valence-corrected chi connectivity index (χ2v) is 6.75. The van der Waals surface area contributed by atoms with Crippen LogP contribution in [0.3, 0.4) is 0 Å². The summed E-state index contributed by atoms with van der Waals surface area (Å²) < 4.78 is 5.34. The molecule has 0 aromatic heterocycles. The summed E-state index contributed by atoms with van der Waals surface area (Å²) in [5.41, 5.74) is 10.0. The Morgan fingerprint density at radius 3 is 2.44 bits per heavy atom. The predicted molar refractivity (Wildman–Crippen MR) is 109 cm³/mol. The van der Waals surface area contributed by atoms with Crippen molar-refractivity contribution in [1.29, 1.82) is 0 Å². The van der Waals surface area contributed by atoms with Crippen LogP contribution in [0.2, 0.25) is 0 Å². The van der Waals surface area contributed by atoms with Crippen LogP contribution in [0.1, 0.15) is 30.0 Å². The molecule has 0 saturated carbocycles. The molecule has 3 rings (SSSR count). The molecule has 0 heterocycles. The van der Waals surface area contributed by atoms with Crippen LogP contribution >= 0.6 is 12.4 Å². The van der Waals surface area contributed by atoms with Gasteiger partial charge in [-0.3, -0.25) is 0 Å². The lowest BCUT2D eigenvalue weighted by atomic mass is 9.84. The molecule has 1 atom stereocenters. The number of hydrogen-bond donors (Lipinski definition) is 1. The minimum Gasteiger partial charge on any atom is -0.496 e. The third-order valence-electron chi connectivity index (χ3n) is 4.80. The topological polar surface area (TPSA) is 35.2 Å². The van der Waals surface area contributed by atoms with E-state index in [1.54, 1.807) is 7.11 Å². The zero-order valence-corrected chi connectivity index (χ0v) is 15.9. The first-order valence-electron chi connectivity index (χ1n) is 8.42. The third kappa shape index (κ3) is 4.15. The summed E-state index contributed by atoms with van der Waals surface area (Å²) in [6.07, 6.45) is 1.84. The Balaban J connectivity index is 0.00000225. The van der Waals surface area contributed by atoms with Crippen molar-refractivity contribution in [2.24, 2.45) is 5.73 Å². The number of fused-ring (bicyclic) bond motifs is 1. The normalized spacial score (nSPS) is 13.1. The van der Waals surface area contributed by atoms with E-state index in [-0.39, 0.29) is 17.9 Å². The minimum atomic E-state index is -0.366. The van der Waals surface area contributed by atoms with Gasteiger partial charge in [0.05, 0.1) is 7.11 Å². The quantitative estimate of drug-likeness (QED) is 0.666. The molecule has 0 saturated heterocycles. The van der Waals surface area contributed by atoms with Gasteiger partial charge < -0.3 is 10.5 Å². The van der Waals surface area contributed by atoms with E-state index in [0.717, 1.165) is 18.6 Å². The van der Waals surface area contributed by atoms with E-state index in [1.807, 2.05) is 6.07 Å². The van der Waals surface area contributed by atoms with Crippen LogP contribution in [0.15, 0.2) is 60.7 Å². The summed E-state index contributed by atoms with van der Waals surface area (Å²) in [6.45, 7) is 4.21. The molecule has 2 N–H and O–H groups in total. The highest BCUT2D eigenvalue weighted by Crippen LogP contribution is 2.31. The maximum Gasteiger partial charge on any atom is 0.121 e. The van der Waals surface area contributed by atoms with Crippen LogP contribution in [0, 0.1) is 6.92 Å². The second kappa shape index (κ2) is 7.90. The molecule has 0 radical (unpaired) electrons. The van der Waals surface area contributed by atoms with E-state index in [2.05, 4.69) is 68.4 Å². The van der Waals surface area contributed by atoms with Gasteiger partial charge in [-0.05, 0) is 60.2 Å². The molecule has 3 aromatic carbocycles. The Bertz CT molecular complexity index is 852. The van der Waals surface area contributed by atoms with Crippen LogP contribution in [-0.2, 0) is 12.0 Å². The molecule has 0 aliphatic heterocycles.